The van der Waals surface area contributed by atoms with E-state index in [0.29, 0.717) is 0 Å². The Bertz CT molecular complexity index is 287. The molecule has 6 nitrogen and oxygen atoms in total. The van der Waals surface area contributed by atoms with E-state index in [1.165, 1.54) is 0 Å². The van der Waals surface area contributed by atoms with Crippen molar-refractivity contribution in [2.75, 3.05) is 6.54 Å². The number of imide groups is 2. The number of nitrogens with zero attached hydrogens (tertiary/aromatic N) is 1. The average molecular weight is 186 g/mol. The molecule has 0 saturated carbocycles. The van der Waals surface area contributed by atoms with E-state index in [-0.39, 0.29) is 12.6 Å². The summed E-state index contributed by atoms with van der Waals surface area (Å²) < 4.78 is -0.626. The molecule has 72 valence electrons. The lowest BCUT2D eigenvalue weighted by molar-refractivity contribution is -0.776. The number of quaternary nitrogens is 1. The molecule has 0 radical (unpaired) electrons. The van der Waals surface area contributed by atoms with E-state index < -0.39 is 22.5 Å². The van der Waals surface area contributed by atoms with Crippen molar-refractivity contribution in [3.63, 3.8) is 0 Å². The van der Waals surface area contributed by atoms with E-state index in [0.717, 1.165) is 0 Å². The fourth-order valence-corrected chi connectivity index (χ4v) is 1.41. The van der Waals surface area contributed by atoms with Gasteiger partial charge in [0, 0.05) is 0 Å². The molecular formula is C7H12N3O3+. The first kappa shape index (κ1) is 9.66. The van der Waals surface area contributed by atoms with Crippen LogP contribution in [0.3, 0.4) is 0 Å². The number of hydrogen-bond acceptors (Lipinski definition) is 3. The minimum atomic E-state index is -0.793. The van der Waals surface area contributed by atoms with Gasteiger partial charge in [0.05, 0.1) is 0 Å². The van der Waals surface area contributed by atoms with Crippen LogP contribution in [0.15, 0.2) is 0 Å². The molecule has 1 unspecified atom stereocenters. The third-order valence-electron chi connectivity index (χ3n) is 2.28. The standard InChI is InChI=1S/C7H11N3O3/c1-4(2)10(6(8)12)3-5(11)9-7(10)13/h4H,3H2,1-2H3,(H2-,8,9,11,12,13)/p+1. The largest absolute Gasteiger partial charge is 0.433 e. The highest BCUT2D eigenvalue weighted by atomic mass is 16.2. The number of urea groups is 2. The van der Waals surface area contributed by atoms with E-state index in [4.69, 9.17) is 5.73 Å². The van der Waals surface area contributed by atoms with Gasteiger partial charge in [0.2, 0.25) is 0 Å². The first-order chi connectivity index (χ1) is 5.91. The Labute approximate surface area is 75.3 Å². The van der Waals surface area contributed by atoms with Crippen molar-refractivity contribution in [1.82, 2.24) is 5.32 Å². The molecule has 1 atom stereocenters. The molecule has 0 aromatic heterocycles. The van der Waals surface area contributed by atoms with E-state index in [2.05, 4.69) is 5.32 Å². The van der Waals surface area contributed by atoms with Crippen molar-refractivity contribution < 1.29 is 18.9 Å². The molecule has 3 N–H and O–H groups in total. The normalized spacial score (nSPS) is 27.9. The second-order valence-corrected chi connectivity index (χ2v) is 3.31. The smallest absolute Gasteiger partial charge is 0.318 e. The Morgan fingerprint density at radius 3 is 2.23 bits per heavy atom. The van der Waals surface area contributed by atoms with Gasteiger partial charge in [-0.1, -0.05) is 0 Å². The Morgan fingerprint density at radius 2 is 2.08 bits per heavy atom. The Kier molecular flexibility index (Phi) is 2.09. The van der Waals surface area contributed by atoms with Crippen LogP contribution in [0.2, 0.25) is 0 Å². The number of nitrogens with two attached hydrogens (primary N) is 1. The highest BCUT2D eigenvalue weighted by Crippen LogP contribution is 2.18. The third kappa shape index (κ3) is 1.19. The Balaban J connectivity index is 3.12. The van der Waals surface area contributed by atoms with Gasteiger partial charge in [-0.25, -0.2) is 14.9 Å². The summed E-state index contributed by atoms with van der Waals surface area (Å²) in [7, 11) is 0. The molecule has 1 rings (SSSR count). The summed E-state index contributed by atoms with van der Waals surface area (Å²) in [6.45, 7) is 3.15. The van der Waals surface area contributed by atoms with Gasteiger partial charge in [0.15, 0.2) is 6.54 Å². The van der Waals surface area contributed by atoms with Gasteiger partial charge in [0.25, 0.3) is 5.91 Å². The Hall–Kier alpha value is -1.43. The predicted molar refractivity (Wildman–Crippen MR) is 43.4 cm³/mol. The topological polar surface area (TPSA) is 89.3 Å². The first-order valence-electron chi connectivity index (χ1n) is 3.93. The summed E-state index contributed by atoms with van der Waals surface area (Å²) in [6, 6.07) is -1.75. The van der Waals surface area contributed by atoms with Crippen LogP contribution in [0.1, 0.15) is 13.8 Å². The van der Waals surface area contributed by atoms with E-state index in [9.17, 15) is 14.4 Å². The van der Waals surface area contributed by atoms with Crippen molar-refractivity contribution in [1.29, 1.82) is 0 Å². The average Bonchev–Trinajstić information content (AvgIpc) is 2.26. The summed E-state index contributed by atoms with van der Waals surface area (Å²) in [4.78, 5) is 33.4. The molecule has 0 aromatic carbocycles. The summed E-state index contributed by atoms with van der Waals surface area (Å²) in [5.41, 5.74) is 5.11. The summed E-state index contributed by atoms with van der Waals surface area (Å²) in [5, 5.41) is 2.06. The fraction of sp³-hybridized carbons (Fsp3) is 0.571. The molecule has 1 aliphatic rings. The molecule has 0 aromatic rings. The fourth-order valence-electron chi connectivity index (χ4n) is 1.41. The van der Waals surface area contributed by atoms with Crippen LogP contribution in [0.25, 0.3) is 0 Å². The maximum Gasteiger partial charge on any atom is 0.433 e. The second kappa shape index (κ2) is 2.81. The molecule has 0 spiro atoms. The van der Waals surface area contributed by atoms with Gasteiger partial charge in [-0.05, 0) is 13.8 Å². The van der Waals surface area contributed by atoms with Gasteiger partial charge >= 0.3 is 12.1 Å². The molecule has 1 heterocycles. The molecular weight excluding hydrogens is 174 g/mol. The number of carbonyl (C=O) groups excluding carboxylic acids is 3. The molecule has 13 heavy (non-hydrogen) atoms. The van der Waals surface area contributed by atoms with E-state index in [1.807, 2.05) is 0 Å². The molecule has 6 heteroatoms. The first-order valence-corrected chi connectivity index (χ1v) is 3.93. The summed E-state index contributed by atoms with van der Waals surface area (Å²) >= 11 is 0. The van der Waals surface area contributed by atoms with Gasteiger partial charge in [-0.15, -0.1) is 4.48 Å². The van der Waals surface area contributed by atoms with Crippen LogP contribution >= 0.6 is 0 Å². The zero-order chi connectivity index (χ0) is 10.2. The number of nitrogens with one attached hydrogen (secondary N) is 1. The Morgan fingerprint density at radius 1 is 1.54 bits per heavy atom. The van der Waals surface area contributed by atoms with Gasteiger partial charge in [-0.2, -0.15) is 0 Å². The zero-order valence-corrected chi connectivity index (χ0v) is 7.53. The molecule has 1 fully saturated rings. The molecule has 0 aliphatic carbocycles. The van der Waals surface area contributed by atoms with Crippen LogP contribution in [-0.4, -0.2) is 35.0 Å². The van der Waals surface area contributed by atoms with Crippen LogP contribution in [0, 0.1) is 0 Å². The lowest BCUT2D eigenvalue weighted by atomic mass is 10.2. The number of carbonyl (C=O) groups is 3. The van der Waals surface area contributed by atoms with Crippen molar-refractivity contribution in [3.8, 4) is 0 Å². The van der Waals surface area contributed by atoms with Crippen molar-refractivity contribution >= 4 is 18.0 Å². The van der Waals surface area contributed by atoms with Crippen LogP contribution in [0.5, 0.6) is 0 Å². The molecule has 1 saturated heterocycles. The summed E-state index contributed by atoms with van der Waals surface area (Å²) in [5.74, 6) is -0.461. The highest BCUT2D eigenvalue weighted by molar-refractivity contribution is 6.01. The van der Waals surface area contributed by atoms with Crippen molar-refractivity contribution in [2.24, 2.45) is 5.73 Å². The van der Waals surface area contributed by atoms with E-state index >= 15 is 0 Å². The lowest BCUT2D eigenvalue weighted by Crippen LogP contribution is -2.61. The lowest BCUT2D eigenvalue weighted by Gasteiger charge is -2.27. The summed E-state index contributed by atoms with van der Waals surface area (Å²) in [6.07, 6.45) is 0. The van der Waals surface area contributed by atoms with Gasteiger partial charge in [0.1, 0.15) is 6.04 Å². The molecule has 1 aliphatic heterocycles. The predicted octanol–water partition coefficient (Wildman–Crippen LogP) is -0.460. The monoisotopic (exact) mass is 186 g/mol. The minimum Gasteiger partial charge on any atom is -0.318 e. The van der Waals surface area contributed by atoms with Crippen LogP contribution in [-0.2, 0) is 4.79 Å². The van der Waals surface area contributed by atoms with Gasteiger partial charge in [-0.3, -0.25) is 4.79 Å². The zero-order valence-electron chi connectivity index (χ0n) is 7.53. The molecule has 0 bridgehead atoms. The van der Waals surface area contributed by atoms with Crippen LogP contribution < -0.4 is 11.1 Å². The number of amides is 5. The minimum absolute atomic E-state index is 0.189. The second-order valence-electron chi connectivity index (χ2n) is 3.31. The highest BCUT2D eigenvalue weighted by Gasteiger charge is 2.54. The number of rotatable bonds is 1. The number of primary amides is 1. The molecule has 5 amide bonds. The van der Waals surface area contributed by atoms with E-state index in [1.54, 1.807) is 13.8 Å². The quantitative estimate of drug-likeness (QED) is 0.429. The van der Waals surface area contributed by atoms with Gasteiger partial charge < -0.3 is 5.73 Å². The maximum atomic E-state index is 11.3. The maximum absolute atomic E-state index is 11.3. The van der Waals surface area contributed by atoms with Crippen molar-refractivity contribution in [3.05, 3.63) is 0 Å². The SMILES string of the molecule is CC(C)[N+]1(C(N)=O)CC(=O)NC1=O. The number of hydrogen-bond donors (Lipinski definition) is 2. The third-order valence-corrected chi connectivity index (χ3v) is 2.28. The van der Waals surface area contributed by atoms with Crippen molar-refractivity contribution in [2.45, 2.75) is 19.9 Å². The van der Waals surface area contributed by atoms with Crippen LogP contribution in [0.4, 0.5) is 9.59 Å².